The van der Waals surface area contributed by atoms with Crippen molar-refractivity contribution in [2.75, 3.05) is 12.0 Å². The molecule has 7 nitrogen and oxygen atoms in total. The number of rotatable bonds is 7. The molecule has 1 unspecified atom stereocenters. The van der Waals surface area contributed by atoms with Crippen molar-refractivity contribution in [1.29, 1.82) is 0 Å². The van der Waals surface area contributed by atoms with Crippen LogP contribution in [0.2, 0.25) is 0 Å². The van der Waals surface area contributed by atoms with Gasteiger partial charge in [0.15, 0.2) is 0 Å². The monoisotopic (exact) mass is 525 g/mol. The molecule has 0 saturated carbocycles. The zero-order chi connectivity index (χ0) is 26.2. The Bertz CT molecular complexity index is 1400. The Morgan fingerprint density at radius 2 is 1.79 bits per heavy atom. The van der Waals surface area contributed by atoms with E-state index in [0.29, 0.717) is 29.8 Å². The van der Waals surface area contributed by atoms with Gasteiger partial charge in [0.05, 0.1) is 18.5 Å². The summed E-state index contributed by atoms with van der Waals surface area (Å²) in [6.45, 7) is 0. The summed E-state index contributed by atoms with van der Waals surface area (Å²) >= 11 is 0. The molecule has 3 aromatic rings. The molecule has 9 heteroatoms. The number of para-hydroxylation sites is 1. The third-order valence-corrected chi connectivity index (χ3v) is 7.34. The van der Waals surface area contributed by atoms with E-state index >= 15 is 0 Å². The molecule has 1 heterocycles. The number of hydrogen-bond donors (Lipinski definition) is 2. The maximum absolute atomic E-state index is 14.9. The molecule has 2 atom stereocenters. The number of carbonyl (C=O) groups excluding carboxylic acids is 2. The zero-order valence-electron chi connectivity index (χ0n) is 21.4. The summed E-state index contributed by atoms with van der Waals surface area (Å²) in [5.41, 5.74) is 1.38. The Morgan fingerprint density at radius 3 is 2.50 bits per heavy atom. The Hall–Kier alpha value is -3.20. The summed E-state index contributed by atoms with van der Waals surface area (Å²) in [6.07, 6.45) is 1.33. The molecule has 191 valence electrons. The first-order valence-electron chi connectivity index (χ1n) is 12.2. The standard InChI is InChI=1S/C29H27FN2O5.Na/c1-37-21-12-13-22-25(17-21)32(24-9-5-4-8-23(24)30)28(36)29(22,15-14-26(33)34)31-27(35)20-11-10-18-6-2-3-7-19(18)16-20;/h2-9,12-13,17,20H,10-11,14-16H2,1H3,(H,31,35)(H,33,34);/t20?,29-;/m0./s1. The summed E-state index contributed by atoms with van der Waals surface area (Å²) in [6, 6.07) is 18.7. The molecule has 3 aromatic carbocycles. The third-order valence-electron chi connectivity index (χ3n) is 7.34. The zero-order valence-corrected chi connectivity index (χ0v) is 23.4. The summed E-state index contributed by atoms with van der Waals surface area (Å²) in [5.74, 6) is -2.59. The van der Waals surface area contributed by atoms with Gasteiger partial charge in [0, 0.05) is 53.5 Å². The first-order chi connectivity index (χ1) is 17.8. The van der Waals surface area contributed by atoms with Gasteiger partial charge in [0.1, 0.15) is 17.1 Å². The molecule has 1 radical (unpaired) electrons. The van der Waals surface area contributed by atoms with E-state index in [2.05, 4.69) is 5.32 Å². The molecule has 0 bridgehead atoms. The molecule has 0 spiro atoms. The molecule has 0 fully saturated rings. The Morgan fingerprint density at radius 1 is 1.08 bits per heavy atom. The van der Waals surface area contributed by atoms with Gasteiger partial charge in [-0.15, -0.1) is 0 Å². The van der Waals surface area contributed by atoms with Crippen LogP contribution in [-0.2, 0) is 32.8 Å². The van der Waals surface area contributed by atoms with E-state index in [-0.39, 0.29) is 59.9 Å². The molecule has 0 aromatic heterocycles. The summed E-state index contributed by atoms with van der Waals surface area (Å²) in [4.78, 5) is 40.7. The fraction of sp³-hybridized carbons (Fsp3) is 0.276. The second kappa shape index (κ2) is 11.3. The van der Waals surface area contributed by atoms with Crippen LogP contribution in [0.15, 0.2) is 66.7 Å². The molecular weight excluding hydrogens is 498 g/mol. The molecule has 2 N–H and O–H groups in total. The van der Waals surface area contributed by atoms with Gasteiger partial charge in [0.2, 0.25) is 5.91 Å². The second-order valence-electron chi connectivity index (χ2n) is 9.47. The normalized spacial score (nSPS) is 19.7. The van der Waals surface area contributed by atoms with Gasteiger partial charge in [-0.2, -0.15) is 0 Å². The quantitative estimate of drug-likeness (QED) is 0.453. The minimum atomic E-state index is -1.67. The van der Waals surface area contributed by atoms with Gasteiger partial charge in [-0.1, -0.05) is 42.5 Å². The van der Waals surface area contributed by atoms with Crippen molar-refractivity contribution in [3.8, 4) is 5.75 Å². The van der Waals surface area contributed by atoms with Crippen LogP contribution in [0, 0.1) is 11.7 Å². The number of amides is 2. The molecule has 1 aliphatic carbocycles. The molecule has 38 heavy (non-hydrogen) atoms. The molecule has 2 aliphatic rings. The third kappa shape index (κ3) is 4.96. The van der Waals surface area contributed by atoms with Crippen LogP contribution >= 0.6 is 0 Å². The number of carboxylic acids is 1. The number of carboxylic acid groups (broad SMARTS) is 1. The average Bonchev–Trinajstić information content (AvgIpc) is 3.14. The number of methoxy groups -OCH3 is 1. The van der Waals surface area contributed by atoms with Gasteiger partial charge in [-0.3, -0.25) is 19.3 Å². The number of nitrogens with one attached hydrogen (secondary N) is 1. The van der Waals surface area contributed by atoms with Gasteiger partial charge in [-0.05, 0) is 55.0 Å². The van der Waals surface area contributed by atoms with E-state index in [0.717, 1.165) is 12.0 Å². The number of aryl methyl sites for hydroxylation is 1. The van der Waals surface area contributed by atoms with Crippen molar-refractivity contribution < 1.29 is 28.6 Å². The minimum absolute atomic E-state index is 0. The van der Waals surface area contributed by atoms with Crippen LogP contribution in [0.25, 0.3) is 0 Å². The fourth-order valence-corrected chi connectivity index (χ4v) is 5.43. The van der Waals surface area contributed by atoms with E-state index in [1.807, 2.05) is 24.3 Å². The Balaban J connectivity index is 0.00000336. The van der Waals surface area contributed by atoms with E-state index in [9.17, 15) is 23.9 Å². The maximum atomic E-state index is 14.9. The predicted molar refractivity (Wildman–Crippen MR) is 141 cm³/mol. The second-order valence-corrected chi connectivity index (χ2v) is 9.47. The van der Waals surface area contributed by atoms with E-state index in [4.69, 9.17) is 4.74 Å². The van der Waals surface area contributed by atoms with E-state index in [1.165, 1.54) is 35.8 Å². The van der Waals surface area contributed by atoms with Gasteiger partial charge in [-0.25, -0.2) is 4.39 Å². The fourth-order valence-electron chi connectivity index (χ4n) is 5.43. The number of fused-ring (bicyclic) bond motifs is 2. The first-order valence-corrected chi connectivity index (χ1v) is 12.2. The van der Waals surface area contributed by atoms with Crippen LogP contribution in [0.5, 0.6) is 5.75 Å². The number of aliphatic carboxylic acids is 1. The number of halogens is 1. The molecule has 0 saturated heterocycles. The molecular formula is C29H27FN2NaO5. The van der Waals surface area contributed by atoms with E-state index < -0.39 is 23.2 Å². The van der Waals surface area contributed by atoms with Gasteiger partial charge in [0.25, 0.3) is 5.91 Å². The van der Waals surface area contributed by atoms with Crippen molar-refractivity contribution in [3.63, 3.8) is 0 Å². The van der Waals surface area contributed by atoms with Crippen LogP contribution in [0.4, 0.5) is 15.8 Å². The Kier molecular flexibility index (Phi) is 8.25. The summed E-state index contributed by atoms with van der Waals surface area (Å²) in [5, 5.41) is 12.5. The number of nitrogens with zero attached hydrogens (tertiary/aromatic N) is 1. The van der Waals surface area contributed by atoms with Crippen LogP contribution in [-0.4, -0.2) is 59.6 Å². The average molecular weight is 526 g/mol. The number of benzene rings is 3. The topological polar surface area (TPSA) is 95.9 Å². The summed E-state index contributed by atoms with van der Waals surface area (Å²) < 4.78 is 20.3. The molecule has 5 rings (SSSR count). The molecule has 2 amide bonds. The van der Waals surface area contributed by atoms with E-state index in [1.54, 1.807) is 24.3 Å². The first kappa shape index (κ1) is 27.8. The summed E-state index contributed by atoms with van der Waals surface area (Å²) in [7, 11) is 1.48. The van der Waals surface area contributed by atoms with Crippen LogP contribution in [0.1, 0.15) is 36.0 Å². The minimum Gasteiger partial charge on any atom is -0.497 e. The number of carbonyl (C=O) groups is 3. The van der Waals surface area contributed by atoms with Crippen molar-refractivity contribution in [2.24, 2.45) is 5.92 Å². The SMILES string of the molecule is COc1ccc2c(c1)N(c1ccccc1F)C(=O)[C@@]2(CCC(=O)O)NC(=O)C1CCc2ccccc2C1.[Na]. The van der Waals surface area contributed by atoms with Gasteiger partial charge < -0.3 is 15.2 Å². The van der Waals surface area contributed by atoms with Crippen molar-refractivity contribution in [2.45, 2.75) is 37.6 Å². The predicted octanol–water partition coefficient (Wildman–Crippen LogP) is 4.11. The smallest absolute Gasteiger partial charge is 0.303 e. The van der Waals surface area contributed by atoms with Crippen LogP contribution in [0.3, 0.4) is 0 Å². The largest absolute Gasteiger partial charge is 0.497 e. The van der Waals surface area contributed by atoms with Crippen molar-refractivity contribution in [3.05, 3.63) is 89.2 Å². The Labute approximate surface area is 242 Å². The van der Waals surface area contributed by atoms with Crippen molar-refractivity contribution in [1.82, 2.24) is 5.32 Å². The maximum Gasteiger partial charge on any atom is 0.303 e. The number of hydrogen-bond acceptors (Lipinski definition) is 4. The van der Waals surface area contributed by atoms with Crippen molar-refractivity contribution >= 4 is 58.7 Å². The van der Waals surface area contributed by atoms with Gasteiger partial charge >= 0.3 is 5.97 Å². The molecule has 1 aliphatic heterocycles. The van der Waals surface area contributed by atoms with Crippen LogP contribution < -0.4 is 15.0 Å². The number of anilines is 2. The number of ether oxygens (including phenoxy) is 1.